The molecule has 112 valence electrons. The smallest absolute Gasteiger partial charge is 0.197 e. The SMILES string of the molecule is Brc1ccc2sccc2c1.Brc1ccc2sccc2c1.O=S. The van der Waals surface area contributed by atoms with Crippen LogP contribution >= 0.6 is 54.5 Å². The van der Waals surface area contributed by atoms with Gasteiger partial charge in [-0.25, -0.2) is 0 Å². The van der Waals surface area contributed by atoms with Gasteiger partial charge in [-0.05, 0) is 70.1 Å². The van der Waals surface area contributed by atoms with Gasteiger partial charge in [0.25, 0.3) is 0 Å². The van der Waals surface area contributed by atoms with E-state index < -0.39 is 0 Å². The Labute approximate surface area is 158 Å². The van der Waals surface area contributed by atoms with E-state index in [0.717, 1.165) is 8.95 Å². The van der Waals surface area contributed by atoms with Crippen LogP contribution in [-0.4, -0.2) is 4.21 Å². The van der Waals surface area contributed by atoms with Gasteiger partial charge in [0.05, 0.1) is 0 Å². The maximum Gasteiger partial charge on any atom is 0.197 e. The summed E-state index contributed by atoms with van der Waals surface area (Å²) >= 11 is 13.2. The zero-order valence-corrected chi connectivity index (χ0v) is 16.8. The molecule has 1 nitrogen and oxygen atoms in total. The third-order valence-corrected chi connectivity index (χ3v) is 5.61. The summed E-state index contributed by atoms with van der Waals surface area (Å²) in [5.74, 6) is 0. The Morgan fingerprint density at radius 3 is 1.50 bits per heavy atom. The van der Waals surface area contributed by atoms with E-state index in [9.17, 15) is 0 Å². The van der Waals surface area contributed by atoms with Crippen molar-refractivity contribution in [2.45, 2.75) is 0 Å². The predicted molar refractivity (Wildman–Crippen MR) is 107 cm³/mol. The lowest BCUT2D eigenvalue weighted by atomic mass is 10.3. The molecule has 6 heteroatoms. The van der Waals surface area contributed by atoms with Gasteiger partial charge < -0.3 is 0 Å². The maximum absolute atomic E-state index is 7.83. The highest BCUT2D eigenvalue weighted by atomic mass is 79.9. The third kappa shape index (κ3) is 4.67. The van der Waals surface area contributed by atoms with Gasteiger partial charge in [-0.2, -0.15) is 4.21 Å². The Hall–Kier alpha value is -0.660. The number of fused-ring (bicyclic) bond motifs is 2. The zero-order chi connectivity index (χ0) is 15.9. The van der Waals surface area contributed by atoms with Gasteiger partial charge in [-0.3, -0.25) is 0 Å². The van der Waals surface area contributed by atoms with Crippen LogP contribution in [0, 0.1) is 0 Å². The first-order valence-corrected chi connectivity index (χ1v) is 9.82. The van der Waals surface area contributed by atoms with E-state index in [0.29, 0.717) is 0 Å². The third-order valence-electron chi connectivity index (χ3n) is 2.83. The Morgan fingerprint density at radius 2 is 1.09 bits per heavy atom. The Balaban J connectivity index is 0.000000144. The molecule has 0 N–H and O–H groups in total. The molecule has 22 heavy (non-hydrogen) atoms. The molecule has 0 bridgehead atoms. The fourth-order valence-electron chi connectivity index (χ4n) is 1.88. The van der Waals surface area contributed by atoms with Crippen molar-refractivity contribution in [2.24, 2.45) is 0 Å². The monoisotopic (exact) mass is 472 g/mol. The van der Waals surface area contributed by atoms with E-state index in [-0.39, 0.29) is 0 Å². The highest BCUT2D eigenvalue weighted by Crippen LogP contribution is 2.24. The number of thiophene rings is 2. The Kier molecular flexibility index (Phi) is 7.11. The lowest BCUT2D eigenvalue weighted by Gasteiger charge is -1.88. The summed E-state index contributed by atoms with van der Waals surface area (Å²) in [5.41, 5.74) is 0. The van der Waals surface area contributed by atoms with Crippen molar-refractivity contribution in [3.63, 3.8) is 0 Å². The highest BCUT2D eigenvalue weighted by Gasteiger charge is 1.93. The van der Waals surface area contributed by atoms with Crippen molar-refractivity contribution < 1.29 is 4.21 Å². The molecule has 0 amide bonds. The molecule has 0 atom stereocenters. The second kappa shape index (κ2) is 8.84. The van der Waals surface area contributed by atoms with Crippen LogP contribution in [0.5, 0.6) is 0 Å². The van der Waals surface area contributed by atoms with Crippen LogP contribution in [0.15, 0.2) is 68.2 Å². The number of halogens is 2. The first-order chi connectivity index (χ1) is 10.7. The molecule has 0 saturated heterocycles. The van der Waals surface area contributed by atoms with Crippen LogP contribution in [0.25, 0.3) is 20.2 Å². The second-order valence-electron chi connectivity index (χ2n) is 4.21. The largest absolute Gasteiger partial charge is 0.197 e. The topological polar surface area (TPSA) is 17.1 Å². The molecule has 2 heterocycles. The van der Waals surface area contributed by atoms with Crippen molar-refractivity contribution >= 4 is 87.2 Å². The van der Waals surface area contributed by atoms with Crippen LogP contribution in [0.3, 0.4) is 0 Å². The summed E-state index contributed by atoms with van der Waals surface area (Å²) in [6.45, 7) is 0. The van der Waals surface area contributed by atoms with E-state index >= 15 is 0 Å². The molecule has 2 aromatic heterocycles. The van der Waals surface area contributed by atoms with E-state index in [1.807, 2.05) is 0 Å². The van der Waals surface area contributed by atoms with E-state index in [4.69, 9.17) is 4.21 Å². The predicted octanol–water partition coefficient (Wildman–Crippen LogP) is 6.99. The molecule has 0 radical (unpaired) electrons. The lowest BCUT2D eigenvalue weighted by molar-refractivity contribution is 0.702. The van der Waals surface area contributed by atoms with Gasteiger partial charge >= 0.3 is 0 Å². The summed E-state index contributed by atoms with van der Waals surface area (Å²) in [6.07, 6.45) is 0. The van der Waals surface area contributed by atoms with Crippen molar-refractivity contribution in [3.05, 3.63) is 68.2 Å². The minimum atomic E-state index is 1.15. The Bertz CT molecular complexity index is 798. The van der Waals surface area contributed by atoms with E-state index in [1.54, 1.807) is 22.7 Å². The summed E-state index contributed by atoms with van der Waals surface area (Å²) in [5, 5.41) is 6.85. The van der Waals surface area contributed by atoms with Gasteiger partial charge in [0.1, 0.15) is 0 Å². The summed E-state index contributed by atoms with van der Waals surface area (Å²) in [7, 11) is 0. The first kappa shape index (κ1) is 17.7. The molecule has 0 saturated carbocycles. The van der Waals surface area contributed by atoms with Gasteiger partial charge in [-0.15, -0.1) is 22.7 Å². The van der Waals surface area contributed by atoms with Crippen molar-refractivity contribution in [2.75, 3.05) is 0 Å². The molecular formula is C16H10Br2OS3. The van der Waals surface area contributed by atoms with Crippen molar-refractivity contribution in [3.8, 4) is 0 Å². The van der Waals surface area contributed by atoms with E-state index in [1.165, 1.54) is 20.2 Å². The van der Waals surface area contributed by atoms with Crippen molar-refractivity contribution in [1.29, 1.82) is 0 Å². The zero-order valence-electron chi connectivity index (χ0n) is 11.2. The quantitative estimate of drug-likeness (QED) is 0.273. The van der Waals surface area contributed by atoms with Crippen LogP contribution in [0.2, 0.25) is 0 Å². The minimum absolute atomic E-state index is 1.15. The average molecular weight is 474 g/mol. The summed E-state index contributed by atoms with van der Waals surface area (Å²) in [6, 6.07) is 16.9. The van der Waals surface area contributed by atoms with Gasteiger partial charge in [0, 0.05) is 18.3 Å². The fraction of sp³-hybridized carbons (Fsp3) is 0. The minimum Gasteiger partial charge on any atom is -0.197 e. The molecule has 0 fully saturated rings. The van der Waals surface area contributed by atoms with Crippen LogP contribution in [-0.2, 0) is 12.5 Å². The van der Waals surface area contributed by atoms with Crippen LogP contribution < -0.4 is 0 Å². The molecule has 0 aliphatic heterocycles. The molecule has 0 spiro atoms. The number of benzene rings is 2. The normalized spacial score (nSPS) is 9.73. The second-order valence-corrected chi connectivity index (χ2v) is 7.93. The van der Waals surface area contributed by atoms with Gasteiger partial charge in [0.15, 0.2) is 12.5 Å². The van der Waals surface area contributed by atoms with Gasteiger partial charge in [0.2, 0.25) is 0 Å². The van der Waals surface area contributed by atoms with Gasteiger partial charge in [-0.1, -0.05) is 31.9 Å². The van der Waals surface area contributed by atoms with E-state index in [2.05, 4.69) is 104 Å². The molecule has 0 aliphatic carbocycles. The molecular weight excluding hydrogens is 464 g/mol. The molecule has 0 unspecified atom stereocenters. The summed E-state index contributed by atoms with van der Waals surface area (Å²) < 4.78 is 12.8. The standard InChI is InChI=1S/2C8H5BrS.OS/c2*9-7-1-2-8-6(5-7)3-4-10-8;1-2/h2*1-5H;. The summed E-state index contributed by atoms with van der Waals surface area (Å²) in [4.78, 5) is 0. The molecule has 4 aromatic rings. The highest BCUT2D eigenvalue weighted by molar-refractivity contribution is 9.10. The molecule has 0 aliphatic rings. The Morgan fingerprint density at radius 1 is 0.682 bits per heavy atom. The maximum atomic E-state index is 7.83. The van der Waals surface area contributed by atoms with Crippen molar-refractivity contribution in [1.82, 2.24) is 0 Å². The molecule has 2 aromatic carbocycles. The number of hydrogen-bond acceptors (Lipinski definition) is 4. The molecule has 4 rings (SSSR count). The number of rotatable bonds is 0. The van der Waals surface area contributed by atoms with Crippen LogP contribution in [0.1, 0.15) is 0 Å². The van der Waals surface area contributed by atoms with Crippen LogP contribution in [0.4, 0.5) is 0 Å². The fourth-order valence-corrected chi connectivity index (χ4v) is 4.17. The number of hydrogen-bond donors (Lipinski definition) is 0. The first-order valence-electron chi connectivity index (χ1n) is 6.14. The average Bonchev–Trinajstić information content (AvgIpc) is 3.17. The lowest BCUT2D eigenvalue weighted by Crippen LogP contribution is -1.61.